The van der Waals surface area contributed by atoms with Gasteiger partial charge in [0.15, 0.2) is 0 Å². The van der Waals surface area contributed by atoms with Crippen molar-refractivity contribution in [3.05, 3.63) is 55.0 Å². The number of ether oxygens (including phenoxy) is 3. The first-order valence-corrected chi connectivity index (χ1v) is 13.3. The fourth-order valence-corrected chi connectivity index (χ4v) is 4.32. The average Bonchev–Trinajstić information content (AvgIpc) is 3.41. The number of fused-ring (bicyclic) bond motifs is 1. The fraction of sp³-hybridized carbons (Fsp3) is 0.400. The average molecular weight is 548 g/mol. The second-order valence-corrected chi connectivity index (χ2v) is 10.4. The summed E-state index contributed by atoms with van der Waals surface area (Å²) in [6.07, 6.45) is 7.38. The fourth-order valence-electron chi connectivity index (χ4n) is 4.32. The number of carbonyl (C=O) groups is 1. The zero-order valence-electron chi connectivity index (χ0n) is 23.8. The Hall–Kier alpha value is -4.18. The summed E-state index contributed by atoms with van der Waals surface area (Å²) in [6, 6.07) is 11.4. The molecule has 40 heavy (non-hydrogen) atoms. The van der Waals surface area contributed by atoms with Crippen molar-refractivity contribution in [3.8, 4) is 22.8 Å². The van der Waals surface area contributed by atoms with Crippen LogP contribution < -0.4 is 14.4 Å². The van der Waals surface area contributed by atoms with Crippen molar-refractivity contribution >= 4 is 28.4 Å². The van der Waals surface area contributed by atoms with Crippen LogP contribution in [-0.2, 0) is 16.1 Å². The number of anilines is 2. The molecule has 2 heterocycles. The normalized spacial score (nSPS) is 11.4. The molecule has 10 heteroatoms. The Morgan fingerprint density at radius 3 is 2.40 bits per heavy atom. The first kappa shape index (κ1) is 28.8. The zero-order chi connectivity index (χ0) is 28.7. The van der Waals surface area contributed by atoms with Gasteiger partial charge >= 0.3 is 5.97 Å². The molecule has 0 atom stereocenters. The molecule has 0 aliphatic heterocycles. The Labute approximate surface area is 234 Å². The SMILES string of the molecule is COc1cc(OC)cc(N(CCO)c2ccc3ncc(-c4cnn(CCCCC(=O)OC(C)(C)C)c4)nc3c2)c1. The third-order valence-electron chi connectivity index (χ3n) is 6.18. The van der Waals surface area contributed by atoms with E-state index in [4.69, 9.17) is 19.2 Å². The quantitative estimate of drug-likeness (QED) is 0.190. The van der Waals surface area contributed by atoms with Crippen LogP contribution in [0, 0.1) is 0 Å². The zero-order valence-corrected chi connectivity index (χ0v) is 23.8. The summed E-state index contributed by atoms with van der Waals surface area (Å²) < 4.78 is 18.1. The number of aliphatic hydroxyl groups is 1. The van der Waals surface area contributed by atoms with E-state index in [0.29, 0.717) is 36.7 Å². The van der Waals surface area contributed by atoms with Crippen molar-refractivity contribution < 1.29 is 24.1 Å². The van der Waals surface area contributed by atoms with Gasteiger partial charge in [-0.3, -0.25) is 14.5 Å². The standard InChI is InChI=1S/C30H37N5O5/c1-30(2,3)40-29(37)8-6-7-11-34-20-21(18-32-34)28-19-31-26-10-9-22(16-27(26)33-28)35(12-13-36)23-14-24(38-4)17-25(15-23)39-5/h9-10,14-20,36H,6-8,11-13H2,1-5H3. The van der Waals surface area contributed by atoms with Crippen molar-refractivity contribution in [3.63, 3.8) is 0 Å². The lowest BCUT2D eigenvalue weighted by molar-refractivity contribution is -0.154. The second-order valence-electron chi connectivity index (χ2n) is 10.4. The molecule has 0 spiro atoms. The van der Waals surface area contributed by atoms with Crippen molar-refractivity contribution in [1.29, 1.82) is 0 Å². The Morgan fingerprint density at radius 2 is 1.73 bits per heavy atom. The van der Waals surface area contributed by atoms with Gasteiger partial charge in [0, 0.05) is 60.8 Å². The maximum atomic E-state index is 11.9. The second kappa shape index (κ2) is 12.8. The van der Waals surface area contributed by atoms with Crippen LogP contribution in [0.1, 0.15) is 40.0 Å². The molecule has 0 aliphatic carbocycles. The van der Waals surface area contributed by atoms with E-state index >= 15 is 0 Å². The summed E-state index contributed by atoms with van der Waals surface area (Å²) >= 11 is 0. The predicted molar refractivity (Wildman–Crippen MR) is 154 cm³/mol. The Kier molecular flexibility index (Phi) is 9.21. The molecule has 0 aliphatic rings. The molecule has 4 rings (SSSR count). The van der Waals surface area contributed by atoms with Gasteiger partial charge in [0.25, 0.3) is 0 Å². The first-order valence-electron chi connectivity index (χ1n) is 13.3. The lowest BCUT2D eigenvalue weighted by Gasteiger charge is -2.25. The minimum atomic E-state index is -0.463. The summed E-state index contributed by atoms with van der Waals surface area (Å²) in [6.45, 7) is 6.63. The van der Waals surface area contributed by atoms with E-state index < -0.39 is 5.60 Å². The highest BCUT2D eigenvalue weighted by Gasteiger charge is 2.16. The van der Waals surface area contributed by atoms with Gasteiger partial charge in [0.1, 0.15) is 17.1 Å². The lowest BCUT2D eigenvalue weighted by Crippen LogP contribution is -2.23. The maximum Gasteiger partial charge on any atom is 0.306 e. The van der Waals surface area contributed by atoms with E-state index in [1.54, 1.807) is 32.7 Å². The molecule has 0 saturated heterocycles. The van der Waals surface area contributed by atoms with Crippen LogP contribution in [0.5, 0.6) is 11.5 Å². The maximum absolute atomic E-state index is 11.9. The molecular formula is C30H37N5O5. The number of aryl methyl sites for hydroxylation is 1. The monoisotopic (exact) mass is 547 g/mol. The van der Waals surface area contributed by atoms with Crippen molar-refractivity contribution in [1.82, 2.24) is 19.7 Å². The molecule has 2 aromatic carbocycles. The minimum Gasteiger partial charge on any atom is -0.497 e. The summed E-state index contributed by atoms with van der Waals surface area (Å²) in [4.78, 5) is 23.4. The van der Waals surface area contributed by atoms with E-state index in [0.717, 1.165) is 40.8 Å². The summed E-state index contributed by atoms with van der Waals surface area (Å²) in [5, 5.41) is 14.3. The molecular weight excluding hydrogens is 510 g/mol. The topological polar surface area (TPSA) is 112 Å². The van der Waals surface area contributed by atoms with Gasteiger partial charge in [-0.05, 0) is 51.8 Å². The van der Waals surface area contributed by atoms with Crippen LogP contribution in [0.2, 0.25) is 0 Å². The van der Waals surface area contributed by atoms with Crippen LogP contribution in [-0.4, -0.2) is 63.8 Å². The number of unbranched alkanes of at least 4 members (excludes halogenated alkanes) is 1. The smallest absolute Gasteiger partial charge is 0.306 e. The van der Waals surface area contributed by atoms with Crippen molar-refractivity contribution in [2.24, 2.45) is 0 Å². The first-order chi connectivity index (χ1) is 19.2. The largest absolute Gasteiger partial charge is 0.497 e. The summed E-state index contributed by atoms with van der Waals surface area (Å²) in [7, 11) is 3.21. The minimum absolute atomic E-state index is 0.0414. The number of hydrogen-bond acceptors (Lipinski definition) is 9. The lowest BCUT2D eigenvalue weighted by atomic mass is 10.2. The molecule has 212 valence electrons. The van der Waals surface area contributed by atoms with E-state index in [1.165, 1.54) is 0 Å². The Balaban J connectivity index is 1.50. The van der Waals surface area contributed by atoms with E-state index in [-0.39, 0.29) is 12.6 Å². The van der Waals surface area contributed by atoms with Crippen LogP contribution in [0.4, 0.5) is 11.4 Å². The Morgan fingerprint density at radius 1 is 0.975 bits per heavy atom. The van der Waals surface area contributed by atoms with Gasteiger partial charge in [-0.1, -0.05) is 0 Å². The molecule has 0 unspecified atom stereocenters. The highest BCUT2D eigenvalue weighted by molar-refractivity contribution is 5.82. The number of methoxy groups -OCH3 is 2. The summed E-state index contributed by atoms with van der Waals surface area (Å²) in [5.41, 5.74) is 4.26. The van der Waals surface area contributed by atoms with Crippen LogP contribution in [0.25, 0.3) is 22.3 Å². The highest BCUT2D eigenvalue weighted by atomic mass is 16.6. The summed E-state index contributed by atoms with van der Waals surface area (Å²) in [5.74, 6) is 1.13. The number of rotatable bonds is 12. The third kappa shape index (κ3) is 7.47. The number of hydrogen-bond donors (Lipinski definition) is 1. The van der Waals surface area contributed by atoms with Crippen molar-refractivity contribution in [2.75, 3.05) is 32.3 Å². The molecule has 0 amide bonds. The molecule has 1 N–H and O–H groups in total. The van der Waals surface area contributed by atoms with Crippen molar-refractivity contribution in [2.45, 2.75) is 52.2 Å². The van der Waals surface area contributed by atoms with Crippen LogP contribution >= 0.6 is 0 Å². The molecule has 0 saturated carbocycles. The Bertz CT molecular complexity index is 1420. The molecule has 0 bridgehead atoms. The number of aromatic nitrogens is 4. The molecule has 10 nitrogen and oxygen atoms in total. The van der Waals surface area contributed by atoms with Crippen LogP contribution in [0.15, 0.2) is 55.0 Å². The molecule has 2 aromatic heterocycles. The number of carbonyl (C=O) groups excluding carboxylic acids is 1. The molecule has 4 aromatic rings. The van der Waals surface area contributed by atoms with Gasteiger partial charge in [0.2, 0.25) is 0 Å². The third-order valence-corrected chi connectivity index (χ3v) is 6.18. The van der Waals surface area contributed by atoms with E-state index in [2.05, 4.69) is 10.1 Å². The molecule has 0 fully saturated rings. The number of nitrogens with zero attached hydrogens (tertiary/aromatic N) is 5. The van der Waals surface area contributed by atoms with Gasteiger partial charge < -0.3 is 24.2 Å². The highest BCUT2D eigenvalue weighted by Crippen LogP contribution is 2.34. The van der Waals surface area contributed by atoms with Gasteiger partial charge in [-0.25, -0.2) is 4.98 Å². The number of benzene rings is 2. The van der Waals surface area contributed by atoms with Gasteiger partial charge in [-0.2, -0.15) is 5.10 Å². The number of aliphatic hydroxyl groups excluding tert-OH is 1. The van der Waals surface area contributed by atoms with Gasteiger partial charge in [0.05, 0.1) is 49.9 Å². The predicted octanol–water partition coefficient (Wildman–Crippen LogP) is 5.15. The van der Waals surface area contributed by atoms with Crippen LogP contribution in [0.3, 0.4) is 0 Å². The van der Waals surface area contributed by atoms with E-state index in [1.807, 2.05) is 66.9 Å². The number of esters is 1. The van der Waals surface area contributed by atoms with Gasteiger partial charge in [-0.15, -0.1) is 0 Å². The molecule has 0 radical (unpaired) electrons. The van der Waals surface area contributed by atoms with E-state index in [9.17, 15) is 9.90 Å².